The summed E-state index contributed by atoms with van der Waals surface area (Å²) >= 11 is 0. The summed E-state index contributed by atoms with van der Waals surface area (Å²) in [4.78, 5) is 0. The molecule has 0 saturated heterocycles. The lowest BCUT2D eigenvalue weighted by Gasteiger charge is -2.53. The molecule has 0 amide bonds. The SMILES string of the molecule is CC(C)[Si](C)(C(C)C)C1(C)CCCCC1.CC(C)[Si](C)(C(C)C)C1(C)CCCCC1.CC1([Si](C)(C)C)CCCCC1.CC1([Si](C)(C)C)CCCCC1.CC1([Si](C)(c2ccccc2)c2ccccc2)CCCCC1.CC1([Si](C)(c2ccccc2)c2ccccc2)CCCCC1.CO[Si]1(C)c2ccccc2-c2ccccc21.CO[Si]1(C)c2ccccc2-c2ccccc21. The molecule has 8 aromatic carbocycles. The van der Waals surface area contributed by atoms with E-state index in [1.165, 1.54) is 236 Å². The Kier molecular flexibility index (Phi) is 37.5. The lowest BCUT2D eigenvalue weighted by atomic mass is 9.90. The Balaban J connectivity index is 0.000000164. The number of benzene rings is 8. The molecule has 0 aromatic heterocycles. The third-order valence-electron chi connectivity index (χ3n) is 37.7. The van der Waals surface area contributed by atoms with Crippen LogP contribution in [0.15, 0.2) is 218 Å². The van der Waals surface area contributed by atoms with Crippen LogP contribution < -0.4 is 41.5 Å². The van der Waals surface area contributed by atoms with Crippen molar-refractivity contribution in [2.45, 2.75) is 421 Å². The second kappa shape index (κ2) is 45.0. The van der Waals surface area contributed by atoms with Gasteiger partial charge >= 0.3 is 0 Å². The molecule has 126 heavy (non-hydrogen) atoms. The molecule has 0 N–H and O–H groups in total. The van der Waals surface area contributed by atoms with Crippen molar-refractivity contribution in [1.82, 2.24) is 0 Å². The van der Waals surface area contributed by atoms with Gasteiger partial charge in [0.15, 0.2) is 0 Å². The third-order valence-corrected chi connectivity index (χ3v) is 81.1. The summed E-state index contributed by atoms with van der Waals surface area (Å²) in [7, 11) is -7.59. The summed E-state index contributed by atoms with van der Waals surface area (Å²) in [5.41, 5.74) is 9.15. The molecule has 0 spiro atoms. The largest absolute Gasteiger partial charge is 0.411 e. The summed E-state index contributed by atoms with van der Waals surface area (Å²) in [5.74, 6) is 0. The maximum Gasteiger partial charge on any atom is 0.253 e. The van der Waals surface area contributed by atoms with Crippen LogP contribution in [0.3, 0.4) is 0 Å². The van der Waals surface area contributed by atoms with Gasteiger partial charge in [0, 0.05) is 14.2 Å². The molecule has 8 aromatic rings. The first-order valence-electron chi connectivity index (χ1n) is 51.2. The van der Waals surface area contributed by atoms with Gasteiger partial charge in [-0.1, -0.05) is 591 Å². The average Bonchev–Trinajstić information content (AvgIpc) is 1.61. The lowest BCUT2D eigenvalue weighted by Crippen LogP contribution is -2.63. The monoisotopic (exact) mass is 1830 g/mol. The van der Waals surface area contributed by atoms with Crippen LogP contribution in [0.25, 0.3) is 22.3 Å². The van der Waals surface area contributed by atoms with E-state index < -0.39 is 65.1 Å². The fourth-order valence-electron chi connectivity index (χ4n) is 25.8. The molecule has 6 fully saturated rings. The Bertz CT molecular complexity index is 4060. The van der Waals surface area contributed by atoms with Gasteiger partial charge in [-0.25, -0.2) is 0 Å². The van der Waals surface area contributed by atoms with E-state index in [0.29, 0.717) is 20.2 Å². The zero-order valence-corrected chi connectivity index (χ0v) is 94.1. The van der Waals surface area contributed by atoms with Crippen molar-refractivity contribution in [3.05, 3.63) is 218 Å². The molecule has 8 aliphatic rings. The molecule has 692 valence electrons. The first-order chi connectivity index (χ1) is 59.5. The van der Waals surface area contributed by atoms with Gasteiger partial charge in [0.1, 0.15) is 16.1 Å². The smallest absolute Gasteiger partial charge is 0.253 e. The first-order valence-corrected chi connectivity index (χ1v) is 73.3. The second-order valence-electron chi connectivity index (χ2n) is 46.8. The maximum atomic E-state index is 5.89. The van der Waals surface area contributed by atoms with Crippen molar-refractivity contribution in [1.29, 1.82) is 0 Å². The van der Waals surface area contributed by atoms with E-state index in [9.17, 15) is 0 Å². The Hall–Kier alpha value is -4.58. The number of rotatable bonds is 16. The van der Waals surface area contributed by atoms with Gasteiger partial charge in [-0.2, -0.15) is 0 Å². The van der Waals surface area contributed by atoms with Gasteiger partial charge in [0.05, 0.1) is 32.3 Å². The Labute approximate surface area is 784 Å². The van der Waals surface area contributed by atoms with Crippen LogP contribution in [-0.2, 0) is 8.85 Å². The van der Waals surface area contributed by atoms with Crippen LogP contribution in [0, 0.1) is 0 Å². The highest BCUT2D eigenvalue weighted by molar-refractivity contribution is 7.04. The van der Waals surface area contributed by atoms with Gasteiger partial charge in [0.25, 0.3) is 16.6 Å². The van der Waals surface area contributed by atoms with E-state index in [-0.39, 0.29) is 0 Å². The fourth-order valence-corrected chi connectivity index (χ4v) is 56.2. The summed E-state index contributed by atoms with van der Waals surface area (Å²) in [6, 6.07) is 79.8. The normalized spacial score (nSPS) is 19.8. The van der Waals surface area contributed by atoms with Gasteiger partial charge in [0.2, 0.25) is 0 Å². The molecule has 6 aliphatic carbocycles. The van der Waals surface area contributed by atoms with E-state index in [4.69, 9.17) is 8.85 Å². The number of hydrogen-bond acceptors (Lipinski definition) is 2. The molecule has 0 unspecified atom stereocenters. The molecule has 2 aliphatic heterocycles. The van der Waals surface area contributed by atoms with Gasteiger partial charge in [-0.15, -0.1) is 0 Å². The quantitative estimate of drug-likeness (QED) is 0.0898. The molecular weight excluding hydrogens is 1650 g/mol. The van der Waals surface area contributed by atoms with E-state index in [2.05, 4.69) is 394 Å². The number of fused-ring (bicyclic) bond motifs is 6. The predicted octanol–water partition coefficient (Wildman–Crippen LogP) is 32.5. The Morgan fingerprint density at radius 2 is 0.381 bits per heavy atom. The average molecular weight is 1840 g/mol. The van der Waals surface area contributed by atoms with Crippen molar-refractivity contribution in [3.8, 4) is 22.3 Å². The van der Waals surface area contributed by atoms with E-state index in [1.807, 2.05) is 14.2 Å². The van der Waals surface area contributed by atoms with Crippen molar-refractivity contribution >= 4 is 107 Å². The minimum atomic E-state index is -1.90. The standard InChI is InChI=1S/2C20H26Si.2C14H14OSi.2C14H30Si.2C10H22Si/c2*1-20(16-10-5-11-17-20)21(2,18-12-6-3-7-13-18)19-14-8-4-9-15-19;2*1-15-16(2)13-9-5-3-7-11(13)12-8-4-6-10-14(12)16;2*1-12(2)15(6,13(3)4)14(5)10-8-7-9-11-14;2*1-10(11(2,3)4)8-6-5-7-9-10/h2*3-4,6-9,12-15H,5,10-11,16-17H2,1-2H3;2*3-10H,1-2H3;2*12-13H,7-11H2,1-6H3;2*5-9H2,1-4H3. The van der Waals surface area contributed by atoms with E-state index in [1.54, 1.807) is 20.7 Å². The zero-order valence-electron chi connectivity index (χ0n) is 86.1. The minimum absolute atomic E-state index is 0.480. The Morgan fingerprint density at radius 1 is 0.222 bits per heavy atom. The molecule has 6 saturated carbocycles. The fraction of sp³-hybridized carbons (Fsp3) is 0.586. The lowest BCUT2D eigenvalue weighted by molar-refractivity contribution is 0.378. The molecule has 0 bridgehead atoms. The maximum absolute atomic E-state index is 5.89. The molecule has 2 nitrogen and oxygen atoms in total. The highest BCUT2D eigenvalue weighted by Gasteiger charge is 2.55. The molecule has 16 rings (SSSR count). The predicted molar refractivity (Wildman–Crippen MR) is 586 cm³/mol. The first kappa shape index (κ1) is 105. The Morgan fingerprint density at radius 3 is 0.540 bits per heavy atom. The topological polar surface area (TPSA) is 18.5 Å². The van der Waals surface area contributed by atoms with Crippen molar-refractivity contribution in [2.75, 3.05) is 14.2 Å². The molecule has 0 atom stereocenters. The summed E-state index contributed by atoms with van der Waals surface area (Å²) in [6.07, 6.45) is 43.9. The van der Waals surface area contributed by atoms with Crippen LogP contribution >= 0.6 is 0 Å². The van der Waals surface area contributed by atoms with Gasteiger partial charge in [-0.3, -0.25) is 0 Å². The summed E-state index contributed by atoms with van der Waals surface area (Å²) in [6.45, 7) is 65.5. The highest BCUT2D eigenvalue weighted by Crippen LogP contribution is 2.61. The second-order valence-corrected chi connectivity index (χ2v) is 86.7. The van der Waals surface area contributed by atoms with Crippen molar-refractivity contribution in [2.24, 2.45) is 0 Å². The molecule has 0 radical (unpaired) electrons. The van der Waals surface area contributed by atoms with Crippen LogP contribution in [0.4, 0.5) is 0 Å². The van der Waals surface area contributed by atoms with Crippen LogP contribution in [-0.4, -0.2) is 79.3 Å². The van der Waals surface area contributed by atoms with Crippen LogP contribution in [0.5, 0.6) is 0 Å². The van der Waals surface area contributed by atoms with Crippen LogP contribution in [0.1, 0.15) is 290 Å². The van der Waals surface area contributed by atoms with Crippen molar-refractivity contribution in [3.63, 3.8) is 0 Å². The third kappa shape index (κ3) is 22.7. The molecule has 2 heterocycles. The minimum Gasteiger partial charge on any atom is -0.411 e. The summed E-state index contributed by atoms with van der Waals surface area (Å²) in [5, 5.41) is 15.9. The highest BCUT2D eigenvalue weighted by atomic mass is 28.4. The van der Waals surface area contributed by atoms with Gasteiger partial charge in [-0.05, 0) is 112 Å². The van der Waals surface area contributed by atoms with E-state index in [0.717, 1.165) is 32.2 Å². The van der Waals surface area contributed by atoms with Crippen LogP contribution in [0.2, 0.25) is 131 Å². The zero-order chi connectivity index (χ0) is 92.3. The van der Waals surface area contributed by atoms with E-state index >= 15 is 0 Å². The molecule has 10 heteroatoms. The van der Waals surface area contributed by atoms with Gasteiger partial charge < -0.3 is 8.85 Å². The van der Waals surface area contributed by atoms with Crippen molar-refractivity contribution < 1.29 is 8.85 Å². The number of hydrogen-bond donors (Lipinski definition) is 0. The molecular formula is C116H184O2Si8. The summed E-state index contributed by atoms with van der Waals surface area (Å²) < 4.78 is 11.8.